The molecule has 0 aliphatic heterocycles. The van der Waals surface area contributed by atoms with Crippen LogP contribution < -0.4 is 17.0 Å². The van der Waals surface area contributed by atoms with E-state index < -0.39 is 0 Å². The van der Waals surface area contributed by atoms with Crippen molar-refractivity contribution in [3.8, 4) is 5.75 Å². The highest BCUT2D eigenvalue weighted by atomic mass is 16.3. The second kappa shape index (κ2) is 5.66. The first kappa shape index (κ1) is 14.6. The third kappa shape index (κ3) is 2.58. The Morgan fingerprint density at radius 2 is 1.95 bits per heavy atom. The number of fused-ring (bicyclic) bond motifs is 1. The van der Waals surface area contributed by atoms with Crippen LogP contribution in [0.1, 0.15) is 19.4 Å². The monoisotopic (exact) mass is 287 g/mol. The lowest BCUT2D eigenvalue weighted by atomic mass is 10.1. The highest BCUT2D eigenvalue weighted by Gasteiger charge is 2.17. The van der Waals surface area contributed by atoms with E-state index in [0.29, 0.717) is 17.4 Å². The molecule has 0 saturated heterocycles. The number of hydrogen-bond donors (Lipinski definition) is 3. The SMILES string of the molecule is CCn1c(=O)c(C(C)=NN=C(N)N)c(O)c2ccccc21. The summed E-state index contributed by atoms with van der Waals surface area (Å²) in [5.74, 6) is -0.335. The van der Waals surface area contributed by atoms with E-state index in [4.69, 9.17) is 11.5 Å². The molecule has 21 heavy (non-hydrogen) atoms. The molecule has 0 atom stereocenters. The lowest BCUT2D eigenvalue weighted by Crippen LogP contribution is -2.26. The van der Waals surface area contributed by atoms with Crippen molar-refractivity contribution in [2.75, 3.05) is 0 Å². The van der Waals surface area contributed by atoms with Crippen molar-refractivity contribution >= 4 is 22.6 Å². The predicted octanol–water partition coefficient (Wildman–Crippen LogP) is 0.724. The van der Waals surface area contributed by atoms with E-state index in [1.807, 2.05) is 13.0 Å². The molecule has 0 unspecified atom stereocenters. The number of aromatic hydroxyl groups is 1. The fourth-order valence-electron chi connectivity index (χ4n) is 2.21. The standard InChI is InChI=1S/C14H17N5O2/c1-3-19-10-7-5-4-6-9(10)12(20)11(13(19)21)8(2)17-18-14(15)16/h4-7,20H,3H2,1-2H3,(H4,15,16,18). The summed E-state index contributed by atoms with van der Waals surface area (Å²) >= 11 is 0. The van der Waals surface area contributed by atoms with Gasteiger partial charge in [-0.05, 0) is 26.0 Å². The number of aromatic nitrogens is 1. The van der Waals surface area contributed by atoms with E-state index in [-0.39, 0.29) is 28.5 Å². The number of aryl methyl sites for hydroxylation is 1. The molecule has 0 aliphatic carbocycles. The number of para-hydroxylation sites is 1. The van der Waals surface area contributed by atoms with Crippen LogP contribution in [0.3, 0.4) is 0 Å². The lowest BCUT2D eigenvalue weighted by Gasteiger charge is -2.13. The van der Waals surface area contributed by atoms with Crippen LogP contribution in [0.5, 0.6) is 5.75 Å². The van der Waals surface area contributed by atoms with Crippen molar-refractivity contribution in [1.29, 1.82) is 0 Å². The summed E-state index contributed by atoms with van der Waals surface area (Å²) in [6.07, 6.45) is 0. The van der Waals surface area contributed by atoms with Gasteiger partial charge in [0.25, 0.3) is 5.56 Å². The first-order valence-corrected chi connectivity index (χ1v) is 6.45. The van der Waals surface area contributed by atoms with Crippen molar-refractivity contribution in [3.63, 3.8) is 0 Å². The van der Waals surface area contributed by atoms with Gasteiger partial charge >= 0.3 is 0 Å². The van der Waals surface area contributed by atoms with Gasteiger partial charge in [0, 0.05) is 11.9 Å². The Bertz CT molecular complexity index is 801. The Hall–Kier alpha value is -2.83. The minimum absolute atomic E-state index is 0.0977. The van der Waals surface area contributed by atoms with Crippen molar-refractivity contribution in [1.82, 2.24) is 4.57 Å². The van der Waals surface area contributed by atoms with Gasteiger partial charge < -0.3 is 21.1 Å². The van der Waals surface area contributed by atoms with Gasteiger partial charge in [-0.2, -0.15) is 5.10 Å². The molecular formula is C14H17N5O2. The molecule has 0 bridgehead atoms. The first-order chi connectivity index (χ1) is 9.97. The summed E-state index contributed by atoms with van der Waals surface area (Å²) in [6.45, 7) is 3.90. The van der Waals surface area contributed by atoms with Gasteiger partial charge in [0.1, 0.15) is 11.3 Å². The van der Waals surface area contributed by atoms with E-state index in [1.165, 1.54) is 0 Å². The number of guanidine groups is 1. The van der Waals surface area contributed by atoms with Gasteiger partial charge in [-0.3, -0.25) is 4.79 Å². The van der Waals surface area contributed by atoms with Crippen LogP contribution in [-0.4, -0.2) is 21.3 Å². The summed E-state index contributed by atoms with van der Waals surface area (Å²) < 4.78 is 1.57. The minimum Gasteiger partial charge on any atom is -0.506 e. The van der Waals surface area contributed by atoms with Gasteiger partial charge in [-0.15, -0.1) is 5.10 Å². The van der Waals surface area contributed by atoms with Crippen LogP contribution in [0, 0.1) is 0 Å². The normalized spacial score (nSPS) is 11.6. The fourth-order valence-corrected chi connectivity index (χ4v) is 2.21. The summed E-state index contributed by atoms with van der Waals surface area (Å²) in [5.41, 5.74) is 11.1. The van der Waals surface area contributed by atoms with Gasteiger partial charge in [0.05, 0.1) is 11.2 Å². The van der Waals surface area contributed by atoms with Crippen LogP contribution in [-0.2, 0) is 6.54 Å². The quantitative estimate of drug-likeness (QED) is 0.438. The number of rotatable bonds is 3. The molecule has 1 heterocycles. The Labute approximate surface area is 121 Å². The number of pyridine rings is 1. The zero-order valence-electron chi connectivity index (χ0n) is 11.9. The number of nitrogens with two attached hydrogens (primary N) is 2. The Balaban J connectivity index is 2.84. The maximum absolute atomic E-state index is 12.5. The molecule has 0 spiro atoms. The topological polar surface area (TPSA) is 119 Å². The molecule has 0 saturated carbocycles. The molecular weight excluding hydrogens is 270 g/mol. The molecule has 1 aromatic carbocycles. The highest BCUT2D eigenvalue weighted by Crippen LogP contribution is 2.26. The van der Waals surface area contributed by atoms with Gasteiger partial charge in [-0.1, -0.05) is 12.1 Å². The van der Waals surface area contributed by atoms with Crippen molar-refractivity contribution in [2.45, 2.75) is 20.4 Å². The number of nitrogens with zero attached hydrogens (tertiary/aromatic N) is 3. The molecule has 5 N–H and O–H groups in total. The molecule has 2 rings (SSSR count). The Kier molecular flexibility index (Phi) is 3.93. The molecule has 0 amide bonds. The second-order valence-electron chi connectivity index (χ2n) is 4.50. The minimum atomic E-state index is -0.333. The first-order valence-electron chi connectivity index (χ1n) is 6.45. The predicted molar refractivity (Wildman–Crippen MR) is 83.6 cm³/mol. The largest absolute Gasteiger partial charge is 0.506 e. The molecule has 7 heteroatoms. The van der Waals surface area contributed by atoms with Crippen molar-refractivity contribution < 1.29 is 5.11 Å². The van der Waals surface area contributed by atoms with E-state index in [9.17, 15) is 9.90 Å². The van der Waals surface area contributed by atoms with Crippen LogP contribution in [0.2, 0.25) is 0 Å². The zero-order valence-corrected chi connectivity index (χ0v) is 11.9. The molecule has 110 valence electrons. The third-order valence-corrected chi connectivity index (χ3v) is 3.14. The van der Waals surface area contributed by atoms with E-state index in [1.54, 1.807) is 29.7 Å². The zero-order chi connectivity index (χ0) is 15.6. The third-order valence-electron chi connectivity index (χ3n) is 3.14. The van der Waals surface area contributed by atoms with Gasteiger partial charge in [0.15, 0.2) is 0 Å². The molecule has 0 aliphatic rings. The summed E-state index contributed by atoms with van der Waals surface area (Å²) in [7, 11) is 0. The fraction of sp³-hybridized carbons (Fsp3) is 0.214. The molecule has 0 fully saturated rings. The van der Waals surface area contributed by atoms with Crippen LogP contribution in [0.15, 0.2) is 39.3 Å². The average molecular weight is 287 g/mol. The van der Waals surface area contributed by atoms with Crippen LogP contribution in [0.4, 0.5) is 0 Å². The summed E-state index contributed by atoms with van der Waals surface area (Å²) in [5, 5.41) is 18.3. The summed E-state index contributed by atoms with van der Waals surface area (Å²) in [4.78, 5) is 12.5. The maximum atomic E-state index is 12.5. The van der Waals surface area contributed by atoms with E-state index >= 15 is 0 Å². The Morgan fingerprint density at radius 1 is 1.29 bits per heavy atom. The lowest BCUT2D eigenvalue weighted by molar-refractivity contribution is 0.477. The maximum Gasteiger partial charge on any atom is 0.263 e. The molecule has 1 aromatic heterocycles. The molecule has 0 radical (unpaired) electrons. The number of benzene rings is 1. The van der Waals surface area contributed by atoms with Gasteiger partial charge in [-0.25, -0.2) is 0 Å². The number of hydrogen-bond acceptors (Lipinski definition) is 4. The van der Waals surface area contributed by atoms with Crippen LogP contribution >= 0.6 is 0 Å². The second-order valence-corrected chi connectivity index (χ2v) is 4.50. The summed E-state index contributed by atoms with van der Waals surface area (Å²) in [6, 6.07) is 7.13. The molecule has 7 nitrogen and oxygen atoms in total. The van der Waals surface area contributed by atoms with Gasteiger partial charge in [0.2, 0.25) is 5.96 Å². The van der Waals surface area contributed by atoms with Crippen LogP contribution in [0.25, 0.3) is 10.9 Å². The Morgan fingerprint density at radius 3 is 2.57 bits per heavy atom. The average Bonchev–Trinajstić information content (AvgIpc) is 2.46. The smallest absolute Gasteiger partial charge is 0.263 e. The van der Waals surface area contributed by atoms with E-state index in [2.05, 4.69) is 10.2 Å². The van der Waals surface area contributed by atoms with Crippen molar-refractivity contribution in [3.05, 3.63) is 40.2 Å². The van der Waals surface area contributed by atoms with Crippen molar-refractivity contribution in [2.24, 2.45) is 21.7 Å². The molecule has 2 aromatic rings. The van der Waals surface area contributed by atoms with E-state index in [0.717, 1.165) is 0 Å². The highest BCUT2D eigenvalue weighted by molar-refractivity contribution is 6.05.